The van der Waals surface area contributed by atoms with Crippen molar-refractivity contribution in [1.82, 2.24) is 10.2 Å². The van der Waals surface area contributed by atoms with Crippen LogP contribution < -0.4 is 5.32 Å². The Morgan fingerprint density at radius 2 is 1.89 bits per heavy atom. The highest BCUT2D eigenvalue weighted by atomic mass is 16.5. The van der Waals surface area contributed by atoms with E-state index in [0.717, 1.165) is 37.2 Å². The lowest BCUT2D eigenvalue weighted by Crippen LogP contribution is -2.57. The van der Waals surface area contributed by atoms with Gasteiger partial charge in [0.1, 0.15) is 0 Å². The molecule has 4 atom stereocenters. The molecule has 19 heavy (non-hydrogen) atoms. The summed E-state index contributed by atoms with van der Waals surface area (Å²) >= 11 is 0. The van der Waals surface area contributed by atoms with Gasteiger partial charge in [0.2, 0.25) is 0 Å². The molecule has 0 aromatic heterocycles. The molecular formula is C16H30N2O. The van der Waals surface area contributed by atoms with Gasteiger partial charge in [-0.3, -0.25) is 4.90 Å². The molecule has 0 aliphatic carbocycles. The number of nitrogens with one attached hydrogen (secondary N) is 1. The number of rotatable bonds is 4. The van der Waals surface area contributed by atoms with E-state index in [1.165, 1.54) is 45.1 Å². The van der Waals surface area contributed by atoms with Crippen molar-refractivity contribution in [3.05, 3.63) is 0 Å². The summed E-state index contributed by atoms with van der Waals surface area (Å²) in [5.74, 6) is 0.777. The molecule has 3 aliphatic heterocycles. The van der Waals surface area contributed by atoms with Gasteiger partial charge in [-0.15, -0.1) is 0 Å². The van der Waals surface area contributed by atoms with Crippen molar-refractivity contribution in [3.63, 3.8) is 0 Å². The van der Waals surface area contributed by atoms with Gasteiger partial charge in [-0.25, -0.2) is 0 Å². The molecule has 0 radical (unpaired) electrons. The molecule has 2 bridgehead atoms. The number of fused-ring (bicyclic) bond motifs is 2. The number of nitrogens with zero attached hydrogens (tertiary/aromatic N) is 1. The van der Waals surface area contributed by atoms with E-state index in [1.54, 1.807) is 0 Å². The molecule has 0 aromatic rings. The van der Waals surface area contributed by atoms with Gasteiger partial charge in [-0.2, -0.15) is 0 Å². The van der Waals surface area contributed by atoms with Crippen LogP contribution in [-0.2, 0) is 4.74 Å². The first-order valence-electron chi connectivity index (χ1n) is 8.38. The highest BCUT2D eigenvalue weighted by molar-refractivity contribution is 4.96. The topological polar surface area (TPSA) is 24.5 Å². The van der Waals surface area contributed by atoms with Crippen molar-refractivity contribution >= 4 is 0 Å². The third kappa shape index (κ3) is 2.98. The molecule has 3 fully saturated rings. The Bertz CT molecular complexity index is 282. The fourth-order valence-corrected chi connectivity index (χ4v) is 4.52. The zero-order chi connectivity index (χ0) is 13.2. The molecule has 1 N–H and O–H groups in total. The van der Waals surface area contributed by atoms with E-state index >= 15 is 0 Å². The number of hydrogen-bond acceptors (Lipinski definition) is 3. The van der Waals surface area contributed by atoms with Crippen LogP contribution in [0.3, 0.4) is 0 Å². The van der Waals surface area contributed by atoms with Crippen LogP contribution in [0.15, 0.2) is 0 Å². The summed E-state index contributed by atoms with van der Waals surface area (Å²) in [4.78, 5) is 2.85. The average molecular weight is 266 g/mol. The summed E-state index contributed by atoms with van der Waals surface area (Å²) in [7, 11) is 0. The second-order valence-electron chi connectivity index (χ2n) is 6.79. The first-order chi connectivity index (χ1) is 9.28. The van der Waals surface area contributed by atoms with Crippen LogP contribution in [0.2, 0.25) is 0 Å². The molecule has 0 saturated carbocycles. The quantitative estimate of drug-likeness (QED) is 0.845. The number of ether oxygens (including phenoxy) is 1. The number of hydrogen-bond donors (Lipinski definition) is 1. The molecule has 3 saturated heterocycles. The molecule has 3 heteroatoms. The van der Waals surface area contributed by atoms with E-state index in [1.807, 2.05) is 0 Å². The van der Waals surface area contributed by atoms with E-state index in [-0.39, 0.29) is 0 Å². The lowest BCUT2D eigenvalue weighted by Gasteiger charge is -2.50. The minimum Gasteiger partial charge on any atom is -0.378 e. The predicted molar refractivity (Wildman–Crippen MR) is 78.4 cm³/mol. The summed E-state index contributed by atoms with van der Waals surface area (Å²) in [5, 5.41) is 3.68. The normalized spacial score (nSPS) is 43.6. The van der Waals surface area contributed by atoms with Crippen LogP contribution >= 0.6 is 0 Å². The van der Waals surface area contributed by atoms with Crippen LogP contribution in [0.1, 0.15) is 52.4 Å². The largest absolute Gasteiger partial charge is 0.378 e. The van der Waals surface area contributed by atoms with Crippen molar-refractivity contribution in [2.45, 2.75) is 76.6 Å². The van der Waals surface area contributed by atoms with Gasteiger partial charge in [-0.05, 0) is 51.5 Å². The smallest absolute Gasteiger partial charge is 0.0588 e. The van der Waals surface area contributed by atoms with Crippen molar-refractivity contribution < 1.29 is 4.74 Å². The first kappa shape index (κ1) is 13.8. The Labute approximate surface area is 118 Å². The van der Waals surface area contributed by atoms with Crippen LogP contribution in [0.5, 0.6) is 0 Å². The van der Waals surface area contributed by atoms with Gasteiger partial charge in [0, 0.05) is 31.3 Å². The molecule has 0 aromatic carbocycles. The third-order valence-electron chi connectivity index (χ3n) is 5.60. The Kier molecular flexibility index (Phi) is 4.45. The summed E-state index contributed by atoms with van der Waals surface area (Å²) in [6.45, 7) is 7.89. The van der Waals surface area contributed by atoms with Gasteiger partial charge in [-0.1, -0.05) is 13.3 Å². The second kappa shape index (κ2) is 6.11. The van der Waals surface area contributed by atoms with Crippen molar-refractivity contribution in [1.29, 1.82) is 0 Å². The molecule has 3 aliphatic rings. The van der Waals surface area contributed by atoms with Crippen LogP contribution in [0, 0.1) is 5.92 Å². The highest BCUT2D eigenvalue weighted by Crippen LogP contribution is 2.36. The van der Waals surface area contributed by atoms with Crippen molar-refractivity contribution in [2.75, 3.05) is 19.7 Å². The van der Waals surface area contributed by atoms with Crippen LogP contribution in [-0.4, -0.2) is 48.8 Å². The zero-order valence-electron chi connectivity index (χ0n) is 12.6. The second-order valence-corrected chi connectivity index (χ2v) is 6.79. The minimum absolute atomic E-state index is 0.479. The summed E-state index contributed by atoms with van der Waals surface area (Å²) in [6, 6.07) is 2.45. The predicted octanol–water partition coefficient (Wildman–Crippen LogP) is 2.41. The highest BCUT2D eigenvalue weighted by Gasteiger charge is 2.40. The molecule has 0 amide bonds. The summed E-state index contributed by atoms with van der Waals surface area (Å²) < 4.78 is 5.75. The Morgan fingerprint density at radius 3 is 2.47 bits per heavy atom. The van der Waals surface area contributed by atoms with Crippen molar-refractivity contribution in [3.8, 4) is 0 Å². The van der Waals surface area contributed by atoms with E-state index < -0.39 is 0 Å². The number of piperidine rings is 2. The Hall–Kier alpha value is -0.120. The molecule has 3 nitrogen and oxygen atoms in total. The lowest BCUT2D eigenvalue weighted by molar-refractivity contribution is 0.00190. The fraction of sp³-hybridized carbons (Fsp3) is 1.00. The standard InChI is InChI=1S/C16H30N2O/c1-3-17-14-9-15-5-4-6-16(10-14)18(15)11-13-7-8-19-12(13)2/h12-17H,3-11H2,1-2H3. The van der Waals surface area contributed by atoms with E-state index in [0.29, 0.717) is 6.10 Å². The molecule has 4 unspecified atom stereocenters. The Morgan fingerprint density at radius 1 is 1.16 bits per heavy atom. The van der Waals surface area contributed by atoms with E-state index in [2.05, 4.69) is 24.1 Å². The molecule has 3 rings (SSSR count). The van der Waals surface area contributed by atoms with E-state index in [4.69, 9.17) is 4.74 Å². The van der Waals surface area contributed by atoms with E-state index in [9.17, 15) is 0 Å². The molecule has 110 valence electrons. The molecule has 3 heterocycles. The first-order valence-corrected chi connectivity index (χ1v) is 8.38. The molecule has 0 spiro atoms. The van der Waals surface area contributed by atoms with Gasteiger partial charge in [0.25, 0.3) is 0 Å². The van der Waals surface area contributed by atoms with Gasteiger partial charge >= 0.3 is 0 Å². The van der Waals surface area contributed by atoms with Gasteiger partial charge < -0.3 is 10.1 Å². The van der Waals surface area contributed by atoms with Gasteiger partial charge in [0.05, 0.1) is 6.10 Å². The fourth-order valence-electron chi connectivity index (χ4n) is 4.52. The van der Waals surface area contributed by atoms with Crippen molar-refractivity contribution in [2.24, 2.45) is 5.92 Å². The minimum atomic E-state index is 0.479. The van der Waals surface area contributed by atoms with Crippen LogP contribution in [0.25, 0.3) is 0 Å². The molecular weight excluding hydrogens is 236 g/mol. The summed E-state index contributed by atoms with van der Waals surface area (Å²) in [5.41, 5.74) is 0. The maximum atomic E-state index is 5.75. The third-order valence-corrected chi connectivity index (χ3v) is 5.60. The average Bonchev–Trinajstić information content (AvgIpc) is 2.76. The van der Waals surface area contributed by atoms with Crippen LogP contribution in [0.4, 0.5) is 0 Å². The zero-order valence-corrected chi connectivity index (χ0v) is 12.6. The maximum absolute atomic E-state index is 5.75. The monoisotopic (exact) mass is 266 g/mol. The Balaban J connectivity index is 1.62. The SMILES string of the molecule is CCNC1CC2CCCC(C1)N2CC1CCOC1C. The van der Waals surface area contributed by atoms with Gasteiger partial charge in [0.15, 0.2) is 0 Å². The maximum Gasteiger partial charge on any atom is 0.0588 e. The lowest BCUT2D eigenvalue weighted by atomic mass is 9.80. The summed E-state index contributed by atoms with van der Waals surface area (Å²) in [6.07, 6.45) is 8.77.